The number of hydrogen-bond acceptors (Lipinski definition) is 4. The summed E-state index contributed by atoms with van der Waals surface area (Å²) in [5.74, 6) is 1.03. The Kier molecular flexibility index (Phi) is 5.08. The average Bonchev–Trinajstić information content (AvgIpc) is 2.75. The van der Waals surface area contributed by atoms with E-state index in [4.69, 9.17) is 4.74 Å². The number of ether oxygens (including phenoxy) is 1. The van der Waals surface area contributed by atoms with Crippen LogP contribution in [0.4, 0.5) is 0 Å². The molecule has 1 N–H and O–H groups in total. The highest BCUT2D eigenvalue weighted by atomic mass is 16.5. The van der Waals surface area contributed by atoms with Crippen LogP contribution in [-0.4, -0.2) is 40.6 Å². The lowest BCUT2D eigenvalue weighted by Crippen LogP contribution is -2.37. The van der Waals surface area contributed by atoms with Gasteiger partial charge in [-0.25, -0.2) is 4.98 Å². The smallest absolute Gasteiger partial charge is 0.138 e. The third kappa shape index (κ3) is 4.09. The fourth-order valence-corrected chi connectivity index (χ4v) is 1.88. The summed E-state index contributed by atoms with van der Waals surface area (Å²) in [5, 5.41) is 7.51. The number of hydrogen-bond donors (Lipinski definition) is 1. The molecule has 0 fully saturated rings. The van der Waals surface area contributed by atoms with Gasteiger partial charge in [0.1, 0.15) is 12.2 Å². The molecule has 1 unspecified atom stereocenters. The van der Waals surface area contributed by atoms with Gasteiger partial charge in [0, 0.05) is 26.1 Å². The van der Waals surface area contributed by atoms with Crippen LogP contribution in [0.5, 0.6) is 0 Å². The standard InChI is InChI=1S/C12H24N4O/c1-6-16-11(14-9-15-16)7-10(13-4)8-12(2,3)17-5/h9-10,13H,6-8H2,1-5H3. The van der Waals surface area contributed by atoms with Gasteiger partial charge in [0.25, 0.3) is 0 Å². The van der Waals surface area contributed by atoms with Gasteiger partial charge in [-0.2, -0.15) is 5.10 Å². The quantitative estimate of drug-likeness (QED) is 0.779. The van der Waals surface area contributed by atoms with Crippen molar-refractivity contribution in [2.75, 3.05) is 14.2 Å². The van der Waals surface area contributed by atoms with Gasteiger partial charge in [-0.3, -0.25) is 4.68 Å². The first-order valence-corrected chi connectivity index (χ1v) is 6.11. The Bertz CT molecular complexity index is 335. The van der Waals surface area contributed by atoms with Gasteiger partial charge in [0.05, 0.1) is 5.60 Å². The summed E-state index contributed by atoms with van der Waals surface area (Å²) in [6, 6.07) is 0.347. The molecule has 0 aliphatic rings. The van der Waals surface area contributed by atoms with Crippen LogP contribution in [0.3, 0.4) is 0 Å². The predicted molar refractivity (Wildman–Crippen MR) is 68.0 cm³/mol. The third-order valence-corrected chi connectivity index (χ3v) is 3.12. The number of likely N-dealkylation sites (N-methyl/N-ethyl adjacent to an activating group) is 1. The fourth-order valence-electron chi connectivity index (χ4n) is 1.88. The molecule has 0 amide bonds. The molecule has 1 rings (SSSR count). The lowest BCUT2D eigenvalue weighted by atomic mass is 9.96. The molecular formula is C12H24N4O. The second-order valence-corrected chi connectivity index (χ2v) is 4.85. The van der Waals surface area contributed by atoms with Crippen LogP contribution in [0.25, 0.3) is 0 Å². The molecule has 0 saturated carbocycles. The zero-order chi connectivity index (χ0) is 12.9. The summed E-state index contributed by atoms with van der Waals surface area (Å²) in [6.45, 7) is 7.13. The van der Waals surface area contributed by atoms with Crippen molar-refractivity contribution in [3.8, 4) is 0 Å². The van der Waals surface area contributed by atoms with E-state index >= 15 is 0 Å². The van der Waals surface area contributed by atoms with Gasteiger partial charge in [-0.15, -0.1) is 0 Å². The topological polar surface area (TPSA) is 52.0 Å². The first-order valence-electron chi connectivity index (χ1n) is 6.11. The second kappa shape index (κ2) is 6.12. The highest BCUT2D eigenvalue weighted by Crippen LogP contribution is 2.17. The van der Waals surface area contributed by atoms with Crippen LogP contribution in [0.1, 0.15) is 33.0 Å². The molecule has 1 aromatic rings. The van der Waals surface area contributed by atoms with Gasteiger partial charge < -0.3 is 10.1 Å². The molecule has 1 aromatic heterocycles. The first-order chi connectivity index (χ1) is 8.02. The number of methoxy groups -OCH3 is 1. The van der Waals surface area contributed by atoms with Crippen molar-refractivity contribution >= 4 is 0 Å². The van der Waals surface area contributed by atoms with Crippen molar-refractivity contribution in [3.05, 3.63) is 12.2 Å². The molecule has 0 bridgehead atoms. The summed E-state index contributed by atoms with van der Waals surface area (Å²) in [6.07, 6.45) is 3.43. The van der Waals surface area contributed by atoms with E-state index in [0.29, 0.717) is 6.04 Å². The average molecular weight is 240 g/mol. The molecule has 5 nitrogen and oxygen atoms in total. The monoisotopic (exact) mass is 240 g/mol. The molecule has 5 heteroatoms. The zero-order valence-electron chi connectivity index (χ0n) is 11.5. The SMILES string of the molecule is CCn1ncnc1CC(CC(C)(C)OC)NC. The van der Waals surface area contributed by atoms with Crippen molar-refractivity contribution in [1.29, 1.82) is 0 Å². The normalized spacial score (nSPS) is 13.9. The molecule has 0 spiro atoms. The number of aryl methyl sites for hydroxylation is 1. The van der Waals surface area contributed by atoms with Crippen LogP contribution in [-0.2, 0) is 17.7 Å². The van der Waals surface area contributed by atoms with E-state index in [2.05, 4.69) is 36.2 Å². The Balaban J connectivity index is 2.64. The molecule has 17 heavy (non-hydrogen) atoms. The van der Waals surface area contributed by atoms with Crippen LogP contribution >= 0.6 is 0 Å². The summed E-state index contributed by atoms with van der Waals surface area (Å²) < 4.78 is 7.40. The minimum Gasteiger partial charge on any atom is -0.379 e. The van der Waals surface area contributed by atoms with Crippen LogP contribution in [0.15, 0.2) is 6.33 Å². The van der Waals surface area contributed by atoms with Crippen molar-refractivity contribution in [2.24, 2.45) is 0 Å². The summed E-state index contributed by atoms with van der Waals surface area (Å²) in [5.41, 5.74) is -0.120. The molecule has 1 heterocycles. The lowest BCUT2D eigenvalue weighted by molar-refractivity contribution is 0.00751. The van der Waals surface area contributed by atoms with Crippen molar-refractivity contribution in [1.82, 2.24) is 20.1 Å². The number of aromatic nitrogens is 3. The lowest BCUT2D eigenvalue weighted by Gasteiger charge is -2.28. The van der Waals surface area contributed by atoms with Crippen molar-refractivity contribution in [3.63, 3.8) is 0 Å². The maximum atomic E-state index is 5.46. The van der Waals surface area contributed by atoms with Crippen LogP contribution in [0, 0.1) is 0 Å². The van der Waals surface area contributed by atoms with E-state index in [9.17, 15) is 0 Å². The summed E-state index contributed by atoms with van der Waals surface area (Å²) >= 11 is 0. The second-order valence-electron chi connectivity index (χ2n) is 4.85. The van der Waals surface area contributed by atoms with E-state index in [1.807, 2.05) is 11.7 Å². The largest absolute Gasteiger partial charge is 0.379 e. The summed E-state index contributed by atoms with van der Waals surface area (Å²) in [4.78, 5) is 4.30. The Morgan fingerprint density at radius 3 is 2.76 bits per heavy atom. The van der Waals surface area contributed by atoms with Crippen molar-refractivity contribution in [2.45, 2.75) is 51.8 Å². The van der Waals surface area contributed by atoms with Crippen LogP contribution < -0.4 is 5.32 Å². The highest BCUT2D eigenvalue weighted by Gasteiger charge is 2.23. The number of rotatable bonds is 7. The van der Waals surface area contributed by atoms with E-state index in [1.54, 1.807) is 13.4 Å². The van der Waals surface area contributed by atoms with Gasteiger partial charge in [0.15, 0.2) is 0 Å². The molecule has 0 radical (unpaired) electrons. The molecule has 98 valence electrons. The zero-order valence-corrected chi connectivity index (χ0v) is 11.5. The van der Waals surface area contributed by atoms with Gasteiger partial charge in [-0.1, -0.05) is 0 Å². The molecular weight excluding hydrogens is 216 g/mol. The van der Waals surface area contributed by atoms with E-state index in [-0.39, 0.29) is 5.60 Å². The molecule has 0 aliphatic carbocycles. The molecule has 0 aliphatic heterocycles. The Morgan fingerprint density at radius 2 is 2.24 bits per heavy atom. The Morgan fingerprint density at radius 1 is 1.53 bits per heavy atom. The highest BCUT2D eigenvalue weighted by molar-refractivity contribution is 4.91. The van der Waals surface area contributed by atoms with Crippen molar-refractivity contribution < 1.29 is 4.74 Å². The van der Waals surface area contributed by atoms with Gasteiger partial charge >= 0.3 is 0 Å². The van der Waals surface area contributed by atoms with Crippen LogP contribution in [0.2, 0.25) is 0 Å². The number of nitrogens with zero attached hydrogens (tertiary/aromatic N) is 3. The van der Waals surface area contributed by atoms with E-state index in [1.165, 1.54) is 0 Å². The van der Waals surface area contributed by atoms with E-state index < -0.39 is 0 Å². The maximum Gasteiger partial charge on any atom is 0.138 e. The van der Waals surface area contributed by atoms with Gasteiger partial charge in [0.2, 0.25) is 0 Å². The maximum absolute atomic E-state index is 5.46. The minimum absolute atomic E-state index is 0.120. The molecule has 1 atom stereocenters. The first kappa shape index (κ1) is 14.1. The fraction of sp³-hybridized carbons (Fsp3) is 0.833. The summed E-state index contributed by atoms with van der Waals surface area (Å²) in [7, 11) is 3.73. The predicted octanol–water partition coefficient (Wildman–Crippen LogP) is 1.24. The Labute approximate surface area is 104 Å². The Hall–Kier alpha value is -0.940. The van der Waals surface area contributed by atoms with Gasteiger partial charge in [-0.05, 0) is 34.2 Å². The third-order valence-electron chi connectivity index (χ3n) is 3.12. The molecule has 0 aromatic carbocycles. The van der Waals surface area contributed by atoms with E-state index in [0.717, 1.165) is 25.2 Å². The minimum atomic E-state index is -0.120. The molecule has 0 saturated heterocycles. The number of nitrogens with one attached hydrogen (secondary N) is 1.